The molecular formula is C16H26N4. The average Bonchev–Trinajstić information content (AvgIpc) is 2.48. The number of nitrogens with two attached hydrogens (primary N) is 1. The van der Waals surface area contributed by atoms with E-state index in [2.05, 4.69) is 21.7 Å². The highest BCUT2D eigenvalue weighted by Gasteiger charge is 2.27. The molecule has 4 nitrogen and oxygen atoms in total. The number of hydrogen-bond acceptors (Lipinski definition) is 4. The van der Waals surface area contributed by atoms with Crippen molar-refractivity contribution in [3.05, 3.63) is 18.3 Å². The highest BCUT2D eigenvalue weighted by molar-refractivity contribution is 5.46. The molecule has 2 fully saturated rings. The van der Waals surface area contributed by atoms with Gasteiger partial charge < -0.3 is 10.6 Å². The molecule has 0 radical (unpaired) electrons. The van der Waals surface area contributed by atoms with Crippen LogP contribution in [-0.2, 0) is 0 Å². The van der Waals surface area contributed by atoms with Gasteiger partial charge in [0.1, 0.15) is 5.82 Å². The first-order valence-corrected chi connectivity index (χ1v) is 7.93. The fraction of sp³-hybridized carbons (Fsp3) is 0.688. The van der Waals surface area contributed by atoms with Crippen LogP contribution < -0.4 is 10.6 Å². The molecule has 1 aromatic rings. The van der Waals surface area contributed by atoms with E-state index in [1.807, 2.05) is 12.1 Å². The Labute approximate surface area is 122 Å². The summed E-state index contributed by atoms with van der Waals surface area (Å²) in [6, 6.07) is 4.80. The Hall–Kier alpha value is -1.29. The standard InChI is InChI=1S/C16H26N4/c1-13-3-2-4-15(11-13)19-7-9-20(10-8-19)16-6-5-14(17)12-18-16/h5-6,12-13,15H,2-4,7-11,17H2,1H3. The van der Waals surface area contributed by atoms with Gasteiger partial charge in [-0.15, -0.1) is 0 Å². The second-order valence-electron chi connectivity index (χ2n) is 6.40. The van der Waals surface area contributed by atoms with Crippen molar-refractivity contribution in [2.45, 2.75) is 38.6 Å². The summed E-state index contributed by atoms with van der Waals surface area (Å²) in [6.07, 6.45) is 7.37. The Balaban J connectivity index is 1.55. The van der Waals surface area contributed by atoms with Gasteiger partial charge in [-0.25, -0.2) is 4.98 Å². The predicted molar refractivity (Wildman–Crippen MR) is 83.9 cm³/mol. The van der Waals surface area contributed by atoms with Gasteiger partial charge in [-0.2, -0.15) is 0 Å². The first kappa shape index (κ1) is 13.7. The fourth-order valence-electron chi connectivity index (χ4n) is 3.63. The Morgan fingerprint density at radius 2 is 1.95 bits per heavy atom. The Morgan fingerprint density at radius 3 is 2.60 bits per heavy atom. The lowest BCUT2D eigenvalue weighted by Gasteiger charge is -2.42. The third-order valence-electron chi connectivity index (χ3n) is 4.83. The van der Waals surface area contributed by atoms with Gasteiger partial charge in [-0.05, 0) is 30.9 Å². The van der Waals surface area contributed by atoms with Crippen molar-refractivity contribution in [2.24, 2.45) is 5.92 Å². The molecule has 3 rings (SSSR count). The molecule has 1 saturated heterocycles. The Morgan fingerprint density at radius 1 is 1.15 bits per heavy atom. The van der Waals surface area contributed by atoms with E-state index in [-0.39, 0.29) is 0 Å². The zero-order valence-corrected chi connectivity index (χ0v) is 12.5. The quantitative estimate of drug-likeness (QED) is 0.899. The van der Waals surface area contributed by atoms with Gasteiger partial charge in [-0.3, -0.25) is 4.90 Å². The molecule has 0 amide bonds. The summed E-state index contributed by atoms with van der Waals surface area (Å²) in [6.45, 7) is 6.91. The zero-order valence-electron chi connectivity index (χ0n) is 12.5. The van der Waals surface area contributed by atoms with Crippen LogP contribution in [0.3, 0.4) is 0 Å². The van der Waals surface area contributed by atoms with Crippen molar-refractivity contribution in [3.63, 3.8) is 0 Å². The van der Waals surface area contributed by atoms with Gasteiger partial charge in [0.25, 0.3) is 0 Å². The van der Waals surface area contributed by atoms with E-state index in [1.165, 1.54) is 38.8 Å². The van der Waals surface area contributed by atoms with Gasteiger partial charge in [0.15, 0.2) is 0 Å². The number of piperazine rings is 1. The van der Waals surface area contributed by atoms with Crippen molar-refractivity contribution in [3.8, 4) is 0 Å². The van der Waals surface area contributed by atoms with Gasteiger partial charge in [0.05, 0.1) is 11.9 Å². The van der Waals surface area contributed by atoms with Crippen molar-refractivity contribution in [2.75, 3.05) is 36.8 Å². The maximum Gasteiger partial charge on any atom is 0.128 e. The fourth-order valence-corrected chi connectivity index (χ4v) is 3.63. The van der Waals surface area contributed by atoms with Crippen LogP contribution in [0.1, 0.15) is 32.6 Å². The molecule has 110 valence electrons. The van der Waals surface area contributed by atoms with E-state index in [9.17, 15) is 0 Å². The van der Waals surface area contributed by atoms with E-state index in [1.54, 1.807) is 6.20 Å². The minimum absolute atomic E-state index is 0.739. The molecule has 1 aliphatic heterocycles. The maximum absolute atomic E-state index is 5.70. The molecule has 4 heteroatoms. The average molecular weight is 274 g/mol. The molecule has 2 heterocycles. The Kier molecular flexibility index (Phi) is 4.10. The number of aromatic nitrogens is 1. The van der Waals surface area contributed by atoms with Crippen molar-refractivity contribution < 1.29 is 0 Å². The number of rotatable bonds is 2. The smallest absolute Gasteiger partial charge is 0.128 e. The molecule has 1 aliphatic carbocycles. The van der Waals surface area contributed by atoms with E-state index >= 15 is 0 Å². The molecule has 1 saturated carbocycles. The van der Waals surface area contributed by atoms with E-state index < -0.39 is 0 Å². The highest BCUT2D eigenvalue weighted by Crippen LogP contribution is 2.28. The summed E-state index contributed by atoms with van der Waals surface area (Å²) in [7, 11) is 0. The van der Waals surface area contributed by atoms with E-state index in [4.69, 9.17) is 5.73 Å². The maximum atomic E-state index is 5.70. The topological polar surface area (TPSA) is 45.4 Å². The highest BCUT2D eigenvalue weighted by atomic mass is 15.3. The number of nitrogen functional groups attached to an aromatic ring is 1. The second kappa shape index (κ2) is 6.00. The Bertz CT molecular complexity index is 423. The molecule has 2 unspecified atom stereocenters. The van der Waals surface area contributed by atoms with Crippen LogP contribution in [0.5, 0.6) is 0 Å². The molecule has 0 aromatic carbocycles. The first-order chi connectivity index (χ1) is 9.72. The van der Waals surface area contributed by atoms with Gasteiger partial charge in [0, 0.05) is 32.2 Å². The lowest BCUT2D eigenvalue weighted by Crippen LogP contribution is -2.51. The molecular weight excluding hydrogens is 248 g/mol. The monoisotopic (exact) mass is 274 g/mol. The number of hydrogen-bond donors (Lipinski definition) is 1. The lowest BCUT2D eigenvalue weighted by molar-refractivity contribution is 0.127. The predicted octanol–water partition coefficient (Wildman–Crippen LogP) is 2.36. The first-order valence-electron chi connectivity index (χ1n) is 7.93. The summed E-state index contributed by atoms with van der Waals surface area (Å²) in [4.78, 5) is 9.51. The second-order valence-corrected chi connectivity index (χ2v) is 6.40. The van der Waals surface area contributed by atoms with Crippen LogP contribution in [0, 0.1) is 5.92 Å². The zero-order chi connectivity index (χ0) is 13.9. The van der Waals surface area contributed by atoms with Crippen molar-refractivity contribution >= 4 is 11.5 Å². The van der Waals surface area contributed by atoms with Crippen LogP contribution in [-0.4, -0.2) is 42.1 Å². The van der Waals surface area contributed by atoms with Crippen LogP contribution in [0.2, 0.25) is 0 Å². The molecule has 2 atom stereocenters. The van der Waals surface area contributed by atoms with E-state index in [0.29, 0.717) is 0 Å². The van der Waals surface area contributed by atoms with Gasteiger partial charge in [-0.1, -0.05) is 19.8 Å². The van der Waals surface area contributed by atoms with Crippen LogP contribution in [0.25, 0.3) is 0 Å². The van der Waals surface area contributed by atoms with Crippen LogP contribution in [0.15, 0.2) is 18.3 Å². The van der Waals surface area contributed by atoms with Crippen LogP contribution in [0.4, 0.5) is 11.5 Å². The summed E-state index contributed by atoms with van der Waals surface area (Å²) < 4.78 is 0. The molecule has 0 spiro atoms. The van der Waals surface area contributed by atoms with Crippen LogP contribution >= 0.6 is 0 Å². The molecule has 2 aliphatic rings. The lowest BCUT2D eigenvalue weighted by atomic mass is 9.86. The number of anilines is 2. The summed E-state index contributed by atoms with van der Waals surface area (Å²) in [5, 5.41) is 0. The largest absolute Gasteiger partial charge is 0.397 e. The number of pyridine rings is 1. The SMILES string of the molecule is CC1CCCC(N2CCN(c3ccc(N)cn3)CC2)C1. The molecule has 2 N–H and O–H groups in total. The molecule has 20 heavy (non-hydrogen) atoms. The number of nitrogens with zero attached hydrogens (tertiary/aromatic N) is 3. The summed E-state index contributed by atoms with van der Waals surface area (Å²) in [5.41, 5.74) is 6.44. The summed E-state index contributed by atoms with van der Waals surface area (Å²) >= 11 is 0. The minimum atomic E-state index is 0.739. The third kappa shape index (κ3) is 3.06. The van der Waals surface area contributed by atoms with Crippen molar-refractivity contribution in [1.82, 2.24) is 9.88 Å². The molecule has 0 bridgehead atoms. The summed E-state index contributed by atoms with van der Waals surface area (Å²) in [5.74, 6) is 1.97. The van der Waals surface area contributed by atoms with Gasteiger partial charge in [0.2, 0.25) is 0 Å². The minimum Gasteiger partial charge on any atom is -0.397 e. The third-order valence-corrected chi connectivity index (χ3v) is 4.83. The van der Waals surface area contributed by atoms with Gasteiger partial charge >= 0.3 is 0 Å². The van der Waals surface area contributed by atoms with E-state index in [0.717, 1.165) is 36.6 Å². The van der Waals surface area contributed by atoms with Crippen molar-refractivity contribution in [1.29, 1.82) is 0 Å². The normalized spacial score (nSPS) is 28.6. The molecule has 1 aromatic heterocycles.